The number of nitrogens with one attached hydrogen (secondary N) is 3. The molecule has 7 heteroatoms. The number of hydrogen-bond acceptors (Lipinski definition) is 4. The van der Waals surface area contributed by atoms with Gasteiger partial charge < -0.3 is 10.3 Å². The highest BCUT2D eigenvalue weighted by Gasteiger charge is 2.25. The molecule has 2 aromatic rings. The monoisotopic (exact) mass is 304 g/mol. The molecule has 0 spiro atoms. The van der Waals surface area contributed by atoms with Crippen LogP contribution in [-0.4, -0.2) is 33.2 Å². The van der Waals surface area contributed by atoms with E-state index >= 15 is 0 Å². The molecule has 3 N–H and O–H groups in total. The number of rotatable bonds is 4. The van der Waals surface area contributed by atoms with Crippen molar-refractivity contribution in [1.82, 2.24) is 20.6 Å². The fraction of sp³-hybridized carbons (Fsp3) is 0.357. The van der Waals surface area contributed by atoms with E-state index in [1.54, 1.807) is 6.92 Å². The lowest BCUT2D eigenvalue weighted by molar-refractivity contribution is -0.119. The summed E-state index contributed by atoms with van der Waals surface area (Å²) < 4.78 is 0. The summed E-state index contributed by atoms with van der Waals surface area (Å²) in [6.07, 6.45) is 1.98. The second kappa shape index (κ2) is 5.77. The predicted octanol–water partition coefficient (Wildman–Crippen LogP) is 2.03. The topological polar surface area (TPSA) is 86.9 Å². The smallest absolute Gasteiger partial charge is 0.321 e. The average Bonchev–Trinajstić information content (AvgIpc) is 3.15. The number of thioether (sulfide) groups is 1. The van der Waals surface area contributed by atoms with Gasteiger partial charge in [-0.2, -0.15) is 0 Å². The van der Waals surface area contributed by atoms with Gasteiger partial charge in [0, 0.05) is 6.04 Å². The molecule has 1 aliphatic rings. The first-order valence-electron chi connectivity index (χ1n) is 6.84. The van der Waals surface area contributed by atoms with E-state index in [1.807, 2.05) is 24.3 Å². The summed E-state index contributed by atoms with van der Waals surface area (Å²) in [7, 11) is 0. The maximum absolute atomic E-state index is 11.9. The molecule has 1 aromatic heterocycles. The van der Waals surface area contributed by atoms with Crippen molar-refractivity contribution in [3.05, 3.63) is 24.3 Å². The quantitative estimate of drug-likeness (QED) is 0.754. The van der Waals surface area contributed by atoms with Crippen molar-refractivity contribution in [3.8, 4) is 0 Å². The van der Waals surface area contributed by atoms with Crippen LogP contribution >= 0.6 is 11.8 Å². The van der Waals surface area contributed by atoms with Gasteiger partial charge in [0.05, 0.1) is 16.3 Å². The summed E-state index contributed by atoms with van der Waals surface area (Å²) in [6.45, 7) is 1.75. The summed E-state index contributed by atoms with van der Waals surface area (Å²) >= 11 is 1.30. The molecule has 110 valence electrons. The molecule has 0 bridgehead atoms. The van der Waals surface area contributed by atoms with Crippen LogP contribution in [-0.2, 0) is 4.79 Å². The normalized spacial score (nSPS) is 15.7. The zero-order valence-corrected chi connectivity index (χ0v) is 12.4. The average molecular weight is 304 g/mol. The lowest BCUT2D eigenvalue weighted by Crippen LogP contribution is -2.43. The fourth-order valence-electron chi connectivity index (χ4n) is 1.87. The van der Waals surface area contributed by atoms with Gasteiger partial charge in [-0.25, -0.2) is 9.78 Å². The van der Waals surface area contributed by atoms with Crippen molar-refractivity contribution in [3.63, 3.8) is 0 Å². The van der Waals surface area contributed by atoms with Crippen molar-refractivity contribution < 1.29 is 9.59 Å². The molecular formula is C14H16N4O2S. The molecule has 1 aromatic carbocycles. The Morgan fingerprint density at radius 1 is 1.38 bits per heavy atom. The van der Waals surface area contributed by atoms with Crippen molar-refractivity contribution in [2.45, 2.75) is 36.2 Å². The molecule has 1 unspecified atom stereocenters. The van der Waals surface area contributed by atoms with Gasteiger partial charge in [0.2, 0.25) is 5.91 Å². The van der Waals surface area contributed by atoms with Gasteiger partial charge in [-0.1, -0.05) is 23.9 Å². The highest BCUT2D eigenvalue weighted by atomic mass is 32.2. The largest absolute Gasteiger partial charge is 0.335 e. The highest BCUT2D eigenvalue weighted by Crippen LogP contribution is 2.23. The van der Waals surface area contributed by atoms with E-state index in [4.69, 9.17) is 0 Å². The predicted molar refractivity (Wildman–Crippen MR) is 81.1 cm³/mol. The van der Waals surface area contributed by atoms with Crippen LogP contribution in [0.1, 0.15) is 19.8 Å². The van der Waals surface area contributed by atoms with Crippen LogP contribution < -0.4 is 10.6 Å². The molecule has 1 saturated carbocycles. The number of benzene rings is 1. The van der Waals surface area contributed by atoms with Crippen LogP contribution in [0, 0.1) is 0 Å². The van der Waals surface area contributed by atoms with Crippen LogP contribution in [0.5, 0.6) is 0 Å². The summed E-state index contributed by atoms with van der Waals surface area (Å²) in [5.41, 5.74) is 1.79. The minimum Gasteiger partial charge on any atom is -0.335 e. The maximum atomic E-state index is 11.9. The molecular weight excluding hydrogens is 288 g/mol. The van der Waals surface area contributed by atoms with Gasteiger partial charge >= 0.3 is 6.03 Å². The first-order valence-corrected chi connectivity index (χ1v) is 7.72. The molecule has 21 heavy (non-hydrogen) atoms. The third-order valence-electron chi connectivity index (χ3n) is 3.17. The first-order chi connectivity index (χ1) is 10.1. The Bertz CT molecular complexity index is 647. The van der Waals surface area contributed by atoms with E-state index in [1.165, 1.54) is 11.8 Å². The SMILES string of the molecule is CC(Sc1nc2ccccc2[nH]1)C(=O)NC(=O)NC1CC1. The number of para-hydroxylation sites is 2. The van der Waals surface area contributed by atoms with Crippen molar-refractivity contribution in [2.75, 3.05) is 0 Å². The van der Waals surface area contributed by atoms with E-state index in [9.17, 15) is 9.59 Å². The third kappa shape index (κ3) is 3.55. The van der Waals surface area contributed by atoms with Crippen molar-refractivity contribution >= 4 is 34.7 Å². The lowest BCUT2D eigenvalue weighted by atomic mass is 10.3. The van der Waals surface area contributed by atoms with Gasteiger partial charge in [-0.15, -0.1) is 0 Å². The summed E-state index contributed by atoms with van der Waals surface area (Å²) in [4.78, 5) is 31.0. The molecule has 3 rings (SSSR count). The summed E-state index contributed by atoms with van der Waals surface area (Å²) in [5.74, 6) is -0.321. The van der Waals surface area contributed by atoms with E-state index in [0.29, 0.717) is 5.16 Å². The van der Waals surface area contributed by atoms with Gasteiger partial charge in [-0.3, -0.25) is 10.1 Å². The van der Waals surface area contributed by atoms with Crippen molar-refractivity contribution in [2.24, 2.45) is 0 Å². The van der Waals surface area contributed by atoms with E-state index in [-0.39, 0.29) is 11.9 Å². The minimum atomic E-state index is -0.417. The van der Waals surface area contributed by atoms with Gasteiger partial charge in [0.15, 0.2) is 5.16 Å². The molecule has 1 heterocycles. The molecule has 0 radical (unpaired) electrons. The second-order valence-corrected chi connectivity index (χ2v) is 6.39. The number of fused-ring (bicyclic) bond motifs is 1. The second-order valence-electron chi connectivity index (χ2n) is 5.06. The highest BCUT2D eigenvalue weighted by molar-refractivity contribution is 8.00. The number of imide groups is 1. The number of amides is 3. The van der Waals surface area contributed by atoms with E-state index in [2.05, 4.69) is 20.6 Å². The van der Waals surface area contributed by atoms with Crippen molar-refractivity contribution in [1.29, 1.82) is 0 Å². The molecule has 0 saturated heterocycles. The molecule has 1 fully saturated rings. The van der Waals surface area contributed by atoms with Crippen LogP contribution in [0.25, 0.3) is 11.0 Å². The number of aromatic nitrogens is 2. The third-order valence-corrected chi connectivity index (χ3v) is 4.16. The van der Waals surface area contributed by atoms with Crippen LogP contribution in [0.15, 0.2) is 29.4 Å². The molecule has 1 atom stereocenters. The first kappa shape index (κ1) is 13.9. The zero-order valence-electron chi connectivity index (χ0n) is 11.6. The van der Waals surface area contributed by atoms with Crippen LogP contribution in [0.4, 0.5) is 4.79 Å². The Hall–Kier alpha value is -2.02. The van der Waals surface area contributed by atoms with Gasteiger partial charge in [-0.05, 0) is 31.9 Å². The number of imidazole rings is 1. The number of H-pyrrole nitrogens is 1. The molecule has 3 amide bonds. The maximum Gasteiger partial charge on any atom is 0.321 e. The minimum absolute atomic E-state index is 0.233. The van der Waals surface area contributed by atoms with Gasteiger partial charge in [0.25, 0.3) is 0 Å². The Morgan fingerprint density at radius 2 is 2.14 bits per heavy atom. The number of aromatic amines is 1. The zero-order chi connectivity index (χ0) is 14.8. The Balaban J connectivity index is 1.57. The molecule has 6 nitrogen and oxygen atoms in total. The number of carbonyl (C=O) groups excluding carboxylic acids is 2. The Kier molecular flexibility index (Phi) is 3.83. The van der Waals surface area contributed by atoms with E-state index in [0.717, 1.165) is 23.9 Å². The summed E-state index contributed by atoms with van der Waals surface area (Å²) in [5, 5.41) is 5.34. The number of carbonyl (C=O) groups is 2. The standard InChI is InChI=1S/C14H16N4O2S/c1-8(12(19)18-13(20)15-9-6-7-9)21-14-16-10-4-2-3-5-11(10)17-14/h2-5,8-9H,6-7H2,1H3,(H,16,17)(H2,15,18,19,20). The van der Waals surface area contributed by atoms with Crippen LogP contribution in [0.2, 0.25) is 0 Å². The molecule has 0 aliphatic heterocycles. The number of hydrogen-bond donors (Lipinski definition) is 3. The molecule has 1 aliphatic carbocycles. The van der Waals surface area contributed by atoms with Crippen LogP contribution in [0.3, 0.4) is 0 Å². The number of nitrogens with zero attached hydrogens (tertiary/aromatic N) is 1. The number of urea groups is 1. The Labute approximate surface area is 126 Å². The van der Waals surface area contributed by atoms with Gasteiger partial charge in [0.1, 0.15) is 0 Å². The van der Waals surface area contributed by atoms with E-state index < -0.39 is 11.3 Å². The fourth-order valence-corrected chi connectivity index (χ4v) is 2.69. The Morgan fingerprint density at radius 3 is 2.86 bits per heavy atom. The lowest BCUT2D eigenvalue weighted by Gasteiger charge is -2.10. The summed E-state index contributed by atoms with van der Waals surface area (Å²) in [6, 6.07) is 7.49.